The summed E-state index contributed by atoms with van der Waals surface area (Å²) in [5.41, 5.74) is 2.81. The standard InChI is InChI=1S/C24H28N6O2S2/c1-16(23(31)27-24-19(13-25)18-5-3-2-4-6-20(18)34-24)30-10-8-29(9-11-30)14-21-26-22(28-32-21)17-7-12-33-15-17/h7,12,15-16H,2-6,8-11,14H2,1H3,(H,27,31)/t16-/m0/s1. The number of nitrogens with zero attached hydrogens (tertiary/aromatic N) is 5. The molecule has 1 saturated heterocycles. The summed E-state index contributed by atoms with van der Waals surface area (Å²) in [5.74, 6) is 1.20. The first-order valence-corrected chi connectivity index (χ1v) is 13.6. The van der Waals surface area contributed by atoms with Crippen LogP contribution in [-0.2, 0) is 24.2 Å². The molecule has 10 heteroatoms. The average Bonchev–Trinajstić information content (AvgIpc) is 3.57. The van der Waals surface area contributed by atoms with Crippen molar-refractivity contribution in [2.75, 3.05) is 31.5 Å². The van der Waals surface area contributed by atoms with Crippen molar-refractivity contribution >= 4 is 33.6 Å². The number of nitrogens with one attached hydrogen (secondary N) is 1. The third kappa shape index (κ3) is 4.93. The average molecular weight is 497 g/mol. The second-order valence-corrected chi connectivity index (χ2v) is 10.8. The number of aryl methyl sites for hydroxylation is 1. The SMILES string of the molecule is C[C@@H](C(=O)Nc1sc2c(c1C#N)CCCCC2)N1CCN(Cc2nc(-c3ccsc3)no2)CC1. The van der Waals surface area contributed by atoms with Gasteiger partial charge in [-0.05, 0) is 49.6 Å². The summed E-state index contributed by atoms with van der Waals surface area (Å²) in [7, 11) is 0. The number of rotatable bonds is 6. The molecule has 4 heterocycles. The predicted molar refractivity (Wildman–Crippen MR) is 133 cm³/mol. The number of nitriles is 1. The molecule has 5 rings (SSSR count). The molecule has 1 atom stereocenters. The molecule has 0 aromatic carbocycles. The van der Waals surface area contributed by atoms with Crippen LogP contribution in [0.4, 0.5) is 5.00 Å². The molecule has 8 nitrogen and oxygen atoms in total. The van der Waals surface area contributed by atoms with Crippen LogP contribution in [-0.4, -0.2) is 58.1 Å². The van der Waals surface area contributed by atoms with Gasteiger partial charge in [0.05, 0.1) is 18.2 Å². The monoisotopic (exact) mass is 496 g/mol. The molecule has 178 valence electrons. The molecule has 0 spiro atoms. The summed E-state index contributed by atoms with van der Waals surface area (Å²) in [6, 6.07) is 4.07. The minimum atomic E-state index is -0.260. The first-order valence-electron chi connectivity index (χ1n) is 11.8. The maximum Gasteiger partial charge on any atom is 0.242 e. The third-order valence-corrected chi connectivity index (χ3v) is 8.60. The Morgan fingerprint density at radius 3 is 2.85 bits per heavy atom. The van der Waals surface area contributed by atoms with Gasteiger partial charge < -0.3 is 9.84 Å². The topological polar surface area (TPSA) is 98.3 Å². The highest BCUT2D eigenvalue weighted by Crippen LogP contribution is 2.37. The summed E-state index contributed by atoms with van der Waals surface area (Å²) < 4.78 is 5.43. The van der Waals surface area contributed by atoms with Gasteiger partial charge in [0, 0.05) is 42.0 Å². The fraction of sp³-hybridized carbons (Fsp3) is 0.500. The van der Waals surface area contributed by atoms with E-state index in [2.05, 4.69) is 31.3 Å². The van der Waals surface area contributed by atoms with E-state index in [9.17, 15) is 10.1 Å². The van der Waals surface area contributed by atoms with Crippen molar-refractivity contribution < 1.29 is 9.32 Å². The normalized spacial score (nSPS) is 18.1. The number of piperazine rings is 1. The van der Waals surface area contributed by atoms with E-state index in [-0.39, 0.29) is 11.9 Å². The molecule has 1 aliphatic heterocycles. The number of hydrogen-bond donors (Lipinski definition) is 1. The Morgan fingerprint density at radius 2 is 2.09 bits per heavy atom. The zero-order valence-electron chi connectivity index (χ0n) is 19.2. The maximum atomic E-state index is 13.0. The number of carbonyl (C=O) groups is 1. The lowest BCUT2D eigenvalue weighted by Gasteiger charge is -2.36. The number of thiophene rings is 2. The largest absolute Gasteiger partial charge is 0.338 e. The summed E-state index contributed by atoms with van der Waals surface area (Å²) >= 11 is 3.20. The molecule has 34 heavy (non-hydrogen) atoms. The van der Waals surface area contributed by atoms with Crippen molar-refractivity contribution in [3.63, 3.8) is 0 Å². The molecular formula is C24H28N6O2S2. The van der Waals surface area contributed by atoms with Crippen LogP contribution in [0.15, 0.2) is 21.3 Å². The van der Waals surface area contributed by atoms with Gasteiger partial charge in [-0.2, -0.15) is 21.6 Å². The maximum absolute atomic E-state index is 13.0. The van der Waals surface area contributed by atoms with Gasteiger partial charge in [-0.25, -0.2) is 0 Å². The number of fused-ring (bicyclic) bond motifs is 1. The number of anilines is 1. The van der Waals surface area contributed by atoms with Gasteiger partial charge in [-0.15, -0.1) is 11.3 Å². The van der Waals surface area contributed by atoms with Crippen molar-refractivity contribution in [1.82, 2.24) is 19.9 Å². The molecule has 0 unspecified atom stereocenters. The summed E-state index contributed by atoms with van der Waals surface area (Å²) in [6.07, 6.45) is 5.43. The molecule has 0 saturated carbocycles. The van der Waals surface area contributed by atoms with E-state index in [1.807, 2.05) is 23.8 Å². The van der Waals surface area contributed by atoms with E-state index in [0.29, 0.717) is 23.8 Å². The van der Waals surface area contributed by atoms with Gasteiger partial charge in [-0.1, -0.05) is 11.6 Å². The quantitative estimate of drug-likeness (QED) is 0.512. The highest BCUT2D eigenvalue weighted by molar-refractivity contribution is 7.16. The molecule has 3 aromatic rings. The first kappa shape index (κ1) is 23.2. The Labute approximate surface area is 207 Å². The zero-order chi connectivity index (χ0) is 23.5. The number of amides is 1. The predicted octanol–water partition coefficient (Wildman–Crippen LogP) is 4.14. The molecule has 1 fully saturated rings. The van der Waals surface area contributed by atoms with Crippen LogP contribution in [0.3, 0.4) is 0 Å². The molecule has 0 bridgehead atoms. The fourth-order valence-electron chi connectivity index (χ4n) is 4.66. The van der Waals surface area contributed by atoms with Crippen molar-refractivity contribution in [3.05, 3.63) is 38.7 Å². The van der Waals surface area contributed by atoms with Crippen LogP contribution >= 0.6 is 22.7 Å². The van der Waals surface area contributed by atoms with Gasteiger partial charge >= 0.3 is 0 Å². The Kier molecular flexibility index (Phi) is 7.06. The van der Waals surface area contributed by atoms with Gasteiger partial charge in [0.1, 0.15) is 11.1 Å². The summed E-state index contributed by atoms with van der Waals surface area (Å²) in [5, 5.41) is 21.6. The number of aromatic nitrogens is 2. The van der Waals surface area contributed by atoms with E-state index in [0.717, 1.165) is 68.0 Å². The Bertz CT molecular complexity index is 1170. The summed E-state index contributed by atoms with van der Waals surface area (Å²) in [6.45, 7) is 5.77. The minimum Gasteiger partial charge on any atom is -0.338 e. The third-order valence-electron chi connectivity index (χ3n) is 6.71. The van der Waals surface area contributed by atoms with Crippen LogP contribution in [0.1, 0.15) is 48.1 Å². The highest BCUT2D eigenvalue weighted by atomic mass is 32.1. The van der Waals surface area contributed by atoms with Crippen molar-refractivity contribution in [3.8, 4) is 17.5 Å². The van der Waals surface area contributed by atoms with Crippen LogP contribution < -0.4 is 5.32 Å². The minimum absolute atomic E-state index is 0.0429. The molecule has 1 aliphatic carbocycles. The van der Waals surface area contributed by atoms with Crippen LogP contribution in [0.25, 0.3) is 11.4 Å². The second kappa shape index (κ2) is 10.4. The molecule has 3 aromatic heterocycles. The van der Waals surface area contributed by atoms with E-state index in [1.54, 1.807) is 22.7 Å². The molecule has 2 aliphatic rings. The zero-order valence-corrected chi connectivity index (χ0v) is 20.9. The molecule has 1 amide bonds. The second-order valence-electron chi connectivity index (χ2n) is 8.88. The lowest BCUT2D eigenvalue weighted by Crippen LogP contribution is -2.52. The lowest BCUT2D eigenvalue weighted by atomic mass is 10.1. The Morgan fingerprint density at radius 1 is 1.26 bits per heavy atom. The van der Waals surface area contributed by atoms with Crippen molar-refractivity contribution in [2.24, 2.45) is 0 Å². The Balaban J connectivity index is 1.15. The Hall–Kier alpha value is -2.58. The van der Waals surface area contributed by atoms with Gasteiger partial charge in [0.15, 0.2) is 0 Å². The van der Waals surface area contributed by atoms with E-state index in [4.69, 9.17) is 4.52 Å². The van der Waals surface area contributed by atoms with Gasteiger partial charge in [-0.3, -0.25) is 14.6 Å². The molecule has 1 N–H and O–H groups in total. The fourth-order valence-corrected chi connectivity index (χ4v) is 6.54. The van der Waals surface area contributed by atoms with E-state index < -0.39 is 0 Å². The van der Waals surface area contributed by atoms with Crippen LogP contribution in [0.2, 0.25) is 0 Å². The number of hydrogen-bond acceptors (Lipinski definition) is 9. The molecular weight excluding hydrogens is 468 g/mol. The highest BCUT2D eigenvalue weighted by Gasteiger charge is 2.28. The first-order chi connectivity index (χ1) is 16.6. The lowest BCUT2D eigenvalue weighted by molar-refractivity contribution is -0.121. The molecule has 0 radical (unpaired) electrons. The smallest absolute Gasteiger partial charge is 0.242 e. The van der Waals surface area contributed by atoms with E-state index >= 15 is 0 Å². The van der Waals surface area contributed by atoms with Gasteiger partial charge in [0.2, 0.25) is 17.6 Å². The van der Waals surface area contributed by atoms with Crippen LogP contribution in [0, 0.1) is 11.3 Å². The van der Waals surface area contributed by atoms with Crippen LogP contribution in [0.5, 0.6) is 0 Å². The van der Waals surface area contributed by atoms with Crippen molar-refractivity contribution in [1.29, 1.82) is 5.26 Å². The van der Waals surface area contributed by atoms with Gasteiger partial charge in [0.25, 0.3) is 0 Å². The summed E-state index contributed by atoms with van der Waals surface area (Å²) in [4.78, 5) is 23.3. The van der Waals surface area contributed by atoms with Crippen molar-refractivity contribution in [2.45, 2.75) is 51.6 Å². The number of carbonyl (C=O) groups excluding carboxylic acids is 1. The van der Waals surface area contributed by atoms with E-state index in [1.165, 1.54) is 11.3 Å².